The van der Waals surface area contributed by atoms with E-state index in [4.69, 9.17) is 0 Å². The van der Waals surface area contributed by atoms with Gasteiger partial charge < -0.3 is 4.90 Å². The molecule has 2 nitrogen and oxygen atoms in total. The number of amides is 1. The summed E-state index contributed by atoms with van der Waals surface area (Å²) < 4.78 is 0. The quantitative estimate of drug-likeness (QED) is 0.708. The number of aryl methyl sites for hydroxylation is 1. The first kappa shape index (κ1) is 11.2. The molecule has 1 saturated heterocycles. The van der Waals surface area contributed by atoms with Gasteiger partial charge in [0.1, 0.15) is 0 Å². The van der Waals surface area contributed by atoms with Gasteiger partial charge in [0.05, 0.1) is 0 Å². The number of carbonyl (C=O) groups is 1. The fraction of sp³-hybridized carbons (Fsp3) is 0.500. The summed E-state index contributed by atoms with van der Waals surface area (Å²) >= 11 is 0. The molecule has 16 heavy (non-hydrogen) atoms. The van der Waals surface area contributed by atoms with Gasteiger partial charge in [-0.1, -0.05) is 17.7 Å². The first-order chi connectivity index (χ1) is 7.68. The van der Waals surface area contributed by atoms with Gasteiger partial charge in [-0.25, -0.2) is 0 Å². The van der Waals surface area contributed by atoms with E-state index in [1.165, 1.54) is 12.0 Å². The summed E-state index contributed by atoms with van der Waals surface area (Å²) in [4.78, 5) is 14.3. The second-order valence-electron chi connectivity index (χ2n) is 4.71. The molecule has 2 heteroatoms. The maximum atomic E-state index is 12.2. The van der Waals surface area contributed by atoms with Crippen molar-refractivity contribution >= 4 is 5.91 Å². The maximum absolute atomic E-state index is 12.2. The third kappa shape index (κ3) is 2.26. The average molecular weight is 217 g/mol. The molecule has 0 unspecified atom stereocenters. The van der Waals surface area contributed by atoms with E-state index in [9.17, 15) is 4.79 Å². The van der Waals surface area contributed by atoms with Gasteiger partial charge in [-0.3, -0.25) is 4.79 Å². The molecule has 0 N–H and O–H groups in total. The molecule has 1 heterocycles. The molecule has 1 aromatic rings. The van der Waals surface area contributed by atoms with Crippen LogP contribution in [0.1, 0.15) is 42.1 Å². The summed E-state index contributed by atoms with van der Waals surface area (Å²) in [6, 6.07) is 8.25. The Hall–Kier alpha value is -1.31. The van der Waals surface area contributed by atoms with Crippen LogP contribution in [0.5, 0.6) is 0 Å². The standard InChI is InChI=1S/C14H19NO/c1-11-6-8-13(9-7-11)14(16)15-10-4-3-5-12(15)2/h6-9,12H,3-5,10H2,1-2H3/t12-/m1/s1. The Morgan fingerprint density at radius 2 is 1.94 bits per heavy atom. The lowest BCUT2D eigenvalue weighted by atomic mass is 10.0. The molecule has 1 atom stereocenters. The van der Waals surface area contributed by atoms with Gasteiger partial charge in [-0.2, -0.15) is 0 Å². The first-order valence-corrected chi connectivity index (χ1v) is 6.06. The van der Waals surface area contributed by atoms with Crippen molar-refractivity contribution < 1.29 is 4.79 Å². The molecule has 0 bridgehead atoms. The smallest absolute Gasteiger partial charge is 0.254 e. The minimum atomic E-state index is 0.187. The van der Waals surface area contributed by atoms with E-state index in [1.54, 1.807) is 0 Å². The van der Waals surface area contributed by atoms with Crippen molar-refractivity contribution in [1.82, 2.24) is 4.90 Å². The molecule has 86 valence electrons. The monoisotopic (exact) mass is 217 g/mol. The highest BCUT2D eigenvalue weighted by Gasteiger charge is 2.23. The lowest BCUT2D eigenvalue weighted by Crippen LogP contribution is -2.41. The van der Waals surface area contributed by atoms with E-state index in [0.29, 0.717) is 6.04 Å². The summed E-state index contributed by atoms with van der Waals surface area (Å²) in [5.41, 5.74) is 2.02. The SMILES string of the molecule is Cc1ccc(C(=O)N2CCCC[C@H]2C)cc1. The lowest BCUT2D eigenvalue weighted by molar-refractivity contribution is 0.0635. The Balaban J connectivity index is 2.14. The van der Waals surface area contributed by atoms with Crippen LogP contribution >= 0.6 is 0 Å². The van der Waals surface area contributed by atoms with Gasteiger partial charge >= 0.3 is 0 Å². The molecule has 0 saturated carbocycles. The van der Waals surface area contributed by atoms with Crippen molar-refractivity contribution in [3.8, 4) is 0 Å². The van der Waals surface area contributed by atoms with Crippen molar-refractivity contribution in [1.29, 1.82) is 0 Å². The molecule has 0 aromatic heterocycles. The van der Waals surface area contributed by atoms with Crippen LogP contribution in [-0.4, -0.2) is 23.4 Å². The number of hydrogen-bond acceptors (Lipinski definition) is 1. The van der Waals surface area contributed by atoms with Crippen molar-refractivity contribution in [2.45, 2.75) is 39.2 Å². The lowest BCUT2D eigenvalue weighted by Gasteiger charge is -2.33. The van der Waals surface area contributed by atoms with Crippen LogP contribution in [-0.2, 0) is 0 Å². The third-order valence-electron chi connectivity index (χ3n) is 3.36. The molecule has 1 fully saturated rings. The zero-order valence-electron chi connectivity index (χ0n) is 10.1. The van der Waals surface area contributed by atoms with Crippen molar-refractivity contribution in [2.75, 3.05) is 6.54 Å². The Morgan fingerprint density at radius 1 is 1.25 bits per heavy atom. The molecular formula is C14H19NO. The molecule has 0 aliphatic carbocycles. The normalized spacial score (nSPS) is 20.9. The van der Waals surface area contributed by atoms with E-state index in [2.05, 4.69) is 6.92 Å². The summed E-state index contributed by atoms with van der Waals surface area (Å²) in [6.45, 7) is 5.09. The molecule has 1 amide bonds. The van der Waals surface area contributed by atoms with Crippen LogP contribution < -0.4 is 0 Å². The zero-order chi connectivity index (χ0) is 11.5. The van der Waals surface area contributed by atoms with Gasteiger partial charge in [-0.05, 0) is 45.2 Å². The van der Waals surface area contributed by atoms with Crippen LogP contribution in [0.3, 0.4) is 0 Å². The number of hydrogen-bond donors (Lipinski definition) is 0. The average Bonchev–Trinajstić information content (AvgIpc) is 2.30. The topological polar surface area (TPSA) is 20.3 Å². The number of likely N-dealkylation sites (tertiary alicyclic amines) is 1. The third-order valence-corrected chi connectivity index (χ3v) is 3.36. The van der Waals surface area contributed by atoms with Gasteiger partial charge in [0.2, 0.25) is 0 Å². The molecular weight excluding hydrogens is 198 g/mol. The highest BCUT2D eigenvalue weighted by atomic mass is 16.2. The second kappa shape index (κ2) is 4.69. The predicted molar refractivity (Wildman–Crippen MR) is 65.5 cm³/mol. The molecule has 0 spiro atoms. The number of benzene rings is 1. The van der Waals surface area contributed by atoms with Gasteiger partial charge in [0, 0.05) is 18.2 Å². The second-order valence-corrected chi connectivity index (χ2v) is 4.71. The number of piperidine rings is 1. The Bertz CT molecular complexity index is 369. The van der Waals surface area contributed by atoms with E-state index < -0.39 is 0 Å². The Morgan fingerprint density at radius 3 is 2.56 bits per heavy atom. The Kier molecular flexibility index (Phi) is 3.28. The molecule has 1 aliphatic rings. The van der Waals surface area contributed by atoms with Gasteiger partial charge in [0.25, 0.3) is 5.91 Å². The van der Waals surface area contributed by atoms with Crippen LogP contribution in [0.2, 0.25) is 0 Å². The van der Waals surface area contributed by atoms with Crippen molar-refractivity contribution in [3.05, 3.63) is 35.4 Å². The van der Waals surface area contributed by atoms with E-state index >= 15 is 0 Å². The maximum Gasteiger partial charge on any atom is 0.254 e. The first-order valence-electron chi connectivity index (χ1n) is 6.06. The number of carbonyl (C=O) groups excluding carboxylic acids is 1. The van der Waals surface area contributed by atoms with Crippen LogP contribution in [0.15, 0.2) is 24.3 Å². The molecule has 0 radical (unpaired) electrons. The van der Waals surface area contributed by atoms with E-state index in [0.717, 1.165) is 24.9 Å². The molecule has 1 aromatic carbocycles. The predicted octanol–water partition coefficient (Wildman–Crippen LogP) is 3.01. The summed E-state index contributed by atoms with van der Waals surface area (Å²) in [5, 5.41) is 0. The number of rotatable bonds is 1. The molecule has 2 rings (SSSR count). The van der Waals surface area contributed by atoms with Crippen LogP contribution in [0, 0.1) is 6.92 Å². The minimum Gasteiger partial charge on any atom is -0.336 e. The van der Waals surface area contributed by atoms with E-state index in [1.807, 2.05) is 36.1 Å². The fourth-order valence-corrected chi connectivity index (χ4v) is 2.26. The minimum absolute atomic E-state index is 0.187. The summed E-state index contributed by atoms with van der Waals surface area (Å²) in [5.74, 6) is 0.187. The number of nitrogens with zero attached hydrogens (tertiary/aromatic N) is 1. The zero-order valence-corrected chi connectivity index (χ0v) is 10.1. The van der Waals surface area contributed by atoms with Crippen molar-refractivity contribution in [2.24, 2.45) is 0 Å². The summed E-state index contributed by atoms with van der Waals surface area (Å²) in [6.07, 6.45) is 3.53. The van der Waals surface area contributed by atoms with Crippen LogP contribution in [0.25, 0.3) is 0 Å². The Labute approximate surface area is 97.3 Å². The largest absolute Gasteiger partial charge is 0.336 e. The van der Waals surface area contributed by atoms with Crippen LogP contribution in [0.4, 0.5) is 0 Å². The highest BCUT2D eigenvalue weighted by molar-refractivity contribution is 5.94. The van der Waals surface area contributed by atoms with Gasteiger partial charge in [-0.15, -0.1) is 0 Å². The van der Waals surface area contributed by atoms with Crippen molar-refractivity contribution in [3.63, 3.8) is 0 Å². The summed E-state index contributed by atoms with van der Waals surface area (Å²) in [7, 11) is 0. The molecule has 1 aliphatic heterocycles. The van der Waals surface area contributed by atoms with Gasteiger partial charge in [0.15, 0.2) is 0 Å². The highest BCUT2D eigenvalue weighted by Crippen LogP contribution is 2.19. The van der Waals surface area contributed by atoms with E-state index in [-0.39, 0.29) is 5.91 Å². The fourth-order valence-electron chi connectivity index (χ4n) is 2.26.